The molecule has 172 valence electrons. The summed E-state index contributed by atoms with van der Waals surface area (Å²) in [5.41, 5.74) is 3.05. The van der Waals surface area contributed by atoms with E-state index in [1.54, 1.807) is 0 Å². The number of sulfonamides is 1. The fourth-order valence-electron chi connectivity index (χ4n) is 2.89. The van der Waals surface area contributed by atoms with E-state index in [1.165, 1.54) is 31.2 Å². The lowest BCUT2D eigenvalue weighted by atomic mass is 10.1. The zero-order valence-corrected chi connectivity index (χ0v) is 19.0. The number of benzene rings is 2. The van der Waals surface area contributed by atoms with E-state index in [1.807, 2.05) is 32.0 Å². The van der Waals surface area contributed by atoms with Crippen molar-refractivity contribution in [3.63, 3.8) is 0 Å². The zero-order valence-electron chi connectivity index (χ0n) is 18.2. The smallest absolute Gasteiger partial charge is 0.307 e. The minimum atomic E-state index is -3.84. The summed E-state index contributed by atoms with van der Waals surface area (Å²) in [6, 6.07) is 11.3. The predicted octanol–water partition coefficient (Wildman–Crippen LogP) is 2.37. The van der Waals surface area contributed by atoms with E-state index < -0.39 is 28.5 Å². The van der Waals surface area contributed by atoms with Gasteiger partial charge in [-0.15, -0.1) is 0 Å². The van der Waals surface area contributed by atoms with Crippen LogP contribution in [-0.4, -0.2) is 39.4 Å². The summed E-state index contributed by atoms with van der Waals surface area (Å²) in [5, 5.41) is 5.29. The first-order valence-electron chi connectivity index (χ1n) is 10.0. The Morgan fingerprint density at radius 3 is 2.31 bits per heavy atom. The van der Waals surface area contributed by atoms with Crippen LogP contribution in [0.3, 0.4) is 0 Å². The van der Waals surface area contributed by atoms with Gasteiger partial charge in [0, 0.05) is 24.8 Å². The van der Waals surface area contributed by atoms with Gasteiger partial charge in [0.15, 0.2) is 6.61 Å². The Labute approximate surface area is 187 Å². The molecule has 0 radical (unpaired) electrons. The van der Waals surface area contributed by atoms with Crippen LogP contribution in [0.25, 0.3) is 0 Å². The molecular formula is C22H27N3O6S. The zero-order chi connectivity index (χ0) is 23.7. The highest BCUT2D eigenvalue weighted by molar-refractivity contribution is 7.89. The van der Waals surface area contributed by atoms with E-state index in [9.17, 15) is 22.8 Å². The maximum atomic E-state index is 12.3. The average Bonchev–Trinajstić information content (AvgIpc) is 2.73. The molecule has 2 aromatic rings. The van der Waals surface area contributed by atoms with Crippen LogP contribution in [0.5, 0.6) is 0 Å². The lowest BCUT2D eigenvalue weighted by molar-refractivity contribution is -0.147. The van der Waals surface area contributed by atoms with Crippen molar-refractivity contribution in [2.75, 3.05) is 23.8 Å². The van der Waals surface area contributed by atoms with Gasteiger partial charge in [0.2, 0.25) is 15.9 Å². The topological polar surface area (TPSA) is 131 Å². The molecule has 3 N–H and O–H groups in total. The van der Waals surface area contributed by atoms with Gasteiger partial charge < -0.3 is 15.4 Å². The first kappa shape index (κ1) is 25.0. The van der Waals surface area contributed by atoms with Crippen molar-refractivity contribution in [1.29, 1.82) is 0 Å². The third-order valence-corrected chi connectivity index (χ3v) is 5.95. The Kier molecular flexibility index (Phi) is 8.91. The fourth-order valence-corrected chi connectivity index (χ4v) is 3.92. The number of rotatable bonds is 10. The Balaban J connectivity index is 1.79. The molecule has 2 aromatic carbocycles. The number of hydrogen-bond acceptors (Lipinski definition) is 6. The number of carbonyl (C=O) groups is 3. The number of hydrogen-bond donors (Lipinski definition) is 3. The second-order valence-electron chi connectivity index (χ2n) is 7.02. The molecule has 0 bridgehead atoms. The Morgan fingerprint density at radius 2 is 1.69 bits per heavy atom. The van der Waals surface area contributed by atoms with Crippen LogP contribution in [0.15, 0.2) is 47.4 Å². The Hall–Kier alpha value is -3.24. The molecule has 0 fully saturated rings. The van der Waals surface area contributed by atoms with Crippen LogP contribution >= 0.6 is 0 Å². The highest BCUT2D eigenvalue weighted by Crippen LogP contribution is 2.21. The molecule has 0 heterocycles. The highest BCUT2D eigenvalue weighted by atomic mass is 32.2. The van der Waals surface area contributed by atoms with Crippen molar-refractivity contribution in [2.24, 2.45) is 0 Å². The second kappa shape index (κ2) is 11.4. The lowest BCUT2D eigenvalue weighted by Gasteiger charge is -2.13. The molecule has 2 amide bonds. The van der Waals surface area contributed by atoms with Crippen molar-refractivity contribution in [2.45, 2.75) is 38.5 Å². The molecule has 0 aliphatic carbocycles. The van der Waals surface area contributed by atoms with Crippen LogP contribution in [0, 0.1) is 6.92 Å². The molecule has 9 nitrogen and oxygen atoms in total. The molecule has 0 saturated heterocycles. The minimum Gasteiger partial charge on any atom is -0.456 e. The molecule has 2 rings (SSSR count). The summed E-state index contributed by atoms with van der Waals surface area (Å²) in [4.78, 5) is 35.0. The van der Waals surface area contributed by atoms with E-state index in [-0.39, 0.29) is 23.8 Å². The van der Waals surface area contributed by atoms with Crippen molar-refractivity contribution in [1.82, 2.24) is 4.72 Å². The highest BCUT2D eigenvalue weighted by Gasteiger charge is 2.16. The quantitative estimate of drug-likeness (QED) is 0.466. The van der Waals surface area contributed by atoms with Crippen molar-refractivity contribution >= 4 is 39.2 Å². The third kappa shape index (κ3) is 7.47. The summed E-state index contributed by atoms with van der Waals surface area (Å²) in [6.07, 6.45) is 0.508. The largest absolute Gasteiger partial charge is 0.456 e. The number of aryl methyl sites for hydroxylation is 2. The van der Waals surface area contributed by atoms with Crippen LogP contribution < -0.4 is 15.4 Å². The molecule has 0 aliphatic rings. The predicted molar refractivity (Wildman–Crippen MR) is 121 cm³/mol. The number of para-hydroxylation sites is 1. The van der Waals surface area contributed by atoms with Gasteiger partial charge >= 0.3 is 5.97 Å². The summed E-state index contributed by atoms with van der Waals surface area (Å²) in [6.45, 7) is 4.55. The lowest BCUT2D eigenvalue weighted by Crippen LogP contribution is -2.28. The minimum absolute atomic E-state index is 0.00990. The molecule has 0 aliphatic heterocycles. The second-order valence-corrected chi connectivity index (χ2v) is 8.79. The van der Waals surface area contributed by atoms with E-state index in [4.69, 9.17) is 4.74 Å². The van der Waals surface area contributed by atoms with Crippen molar-refractivity contribution in [3.8, 4) is 0 Å². The van der Waals surface area contributed by atoms with Crippen LogP contribution in [0.4, 0.5) is 11.4 Å². The SMILES string of the molecule is CCc1cccc(C)c1NC(=O)COC(=O)CCNS(=O)(=O)c1ccc(NC(C)=O)cc1. The van der Waals surface area contributed by atoms with Gasteiger partial charge in [-0.05, 0) is 48.7 Å². The molecule has 0 unspecified atom stereocenters. The van der Waals surface area contributed by atoms with Crippen LogP contribution in [0.1, 0.15) is 31.4 Å². The van der Waals surface area contributed by atoms with Gasteiger partial charge in [0.1, 0.15) is 0 Å². The molecule has 0 saturated carbocycles. The molecule has 10 heteroatoms. The van der Waals surface area contributed by atoms with Gasteiger partial charge in [0.05, 0.1) is 11.3 Å². The summed E-state index contributed by atoms with van der Waals surface area (Å²) < 4.78 is 31.8. The third-order valence-electron chi connectivity index (χ3n) is 4.47. The molecule has 0 aromatic heterocycles. The Bertz CT molecular complexity index is 1080. The van der Waals surface area contributed by atoms with Gasteiger partial charge in [-0.3, -0.25) is 14.4 Å². The average molecular weight is 462 g/mol. The van der Waals surface area contributed by atoms with Crippen molar-refractivity contribution in [3.05, 3.63) is 53.6 Å². The molecule has 32 heavy (non-hydrogen) atoms. The number of amides is 2. The maximum absolute atomic E-state index is 12.3. The van der Waals surface area contributed by atoms with Crippen molar-refractivity contribution < 1.29 is 27.5 Å². The first-order valence-corrected chi connectivity index (χ1v) is 11.5. The van der Waals surface area contributed by atoms with Gasteiger partial charge in [0.25, 0.3) is 5.91 Å². The Morgan fingerprint density at radius 1 is 1.00 bits per heavy atom. The number of anilines is 2. The normalized spacial score (nSPS) is 11.0. The van der Waals surface area contributed by atoms with Gasteiger partial charge in [-0.25, -0.2) is 13.1 Å². The standard InChI is InChI=1S/C22H27N3O6S/c1-4-17-7-5-6-15(2)22(17)25-20(27)14-31-21(28)12-13-23-32(29,30)19-10-8-18(9-11-19)24-16(3)26/h5-11,23H,4,12-14H2,1-3H3,(H,24,26)(H,25,27). The monoisotopic (exact) mass is 461 g/mol. The number of carbonyl (C=O) groups excluding carboxylic acids is 3. The molecule has 0 spiro atoms. The van der Waals surface area contributed by atoms with E-state index in [0.717, 1.165) is 17.5 Å². The van der Waals surface area contributed by atoms with E-state index >= 15 is 0 Å². The van der Waals surface area contributed by atoms with E-state index in [2.05, 4.69) is 15.4 Å². The molecule has 0 atom stereocenters. The number of ether oxygens (including phenoxy) is 1. The summed E-state index contributed by atoms with van der Waals surface area (Å²) in [7, 11) is -3.84. The summed E-state index contributed by atoms with van der Waals surface area (Å²) in [5.74, 6) is -1.44. The maximum Gasteiger partial charge on any atom is 0.307 e. The number of nitrogens with one attached hydrogen (secondary N) is 3. The van der Waals surface area contributed by atoms with Gasteiger partial charge in [-0.1, -0.05) is 25.1 Å². The number of esters is 1. The first-order chi connectivity index (χ1) is 15.1. The molecular weight excluding hydrogens is 434 g/mol. The van der Waals surface area contributed by atoms with E-state index in [0.29, 0.717) is 11.4 Å². The van der Waals surface area contributed by atoms with Crippen LogP contribution in [-0.2, 0) is 35.6 Å². The van der Waals surface area contributed by atoms with Gasteiger partial charge in [-0.2, -0.15) is 0 Å². The van der Waals surface area contributed by atoms with Crippen LogP contribution in [0.2, 0.25) is 0 Å². The fraction of sp³-hybridized carbons (Fsp3) is 0.318. The summed E-state index contributed by atoms with van der Waals surface area (Å²) >= 11 is 0.